The zero-order chi connectivity index (χ0) is 9.68. The summed E-state index contributed by atoms with van der Waals surface area (Å²) in [6.07, 6.45) is 3.53. The smallest absolute Gasteiger partial charge is 0.0798 e. The van der Waals surface area contributed by atoms with E-state index in [1.807, 2.05) is 19.1 Å². The second kappa shape index (κ2) is 5.00. The fourth-order valence-corrected chi connectivity index (χ4v) is 1.38. The molecule has 0 fully saturated rings. The molecule has 0 bridgehead atoms. The molecule has 0 aliphatic carbocycles. The van der Waals surface area contributed by atoms with Crippen LogP contribution < -0.4 is 5.32 Å². The summed E-state index contributed by atoms with van der Waals surface area (Å²) < 4.78 is 0. The maximum Gasteiger partial charge on any atom is 0.0798 e. The Labute approximate surface area is 83.6 Å². The van der Waals surface area contributed by atoms with Gasteiger partial charge in [-0.15, -0.1) is 6.58 Å². The van der Waals surface area contributed by atoms with Crippen molar-refractivity contribution >= 4 is 11.6 Å². The Morgan fingerprint density at radius 2 is 2.54 bits per heavy atom. The first-order chi connectivity index (χ1) is 6.29. The summed E-state index contributed by atoms with van der Waals surface area (Å²) in [5.41, 5.74) is 0.834. The molecular formula is C10H13ClN2. The molecule has 0 aromatic carbocycles. The van der Waals surface area contributed by atoms with Crippen LogP contribution in [0.4, 0.5) is 0 Å². The van der Waals surface area contributed by atoms with Gasteiger partial charge in [0, 0.05) is 6.20 Å². The molecule has 1 aromatic rings. The minimum atomic E-state index is 0.0405. The van der Waals surface area contributed by atoms with Crippen molar-refractivity contribution < 1.29 is 0 Å². The Balaban J connectivity index is 2.90. The van der Waals surface area contributed by atoms with E-state index in [1.165, 1.54) is 0 Å². The largest absolute Gasteiger partial charge is 0.306 e. The highest BCUT2D eigenvalue weighted by Crippen LogP contribution is 2.20. The van der Waals surface area contributed by atoms with Gasteiger partial charge in [0.2, 0.25) is 0 Å². The second-order valence-corrected chi connectivity index (χ2v) is 3.05. The highest BCUT2D eigenvalue weighted by molar-refractivity contribution is 6.31. The van der Waals surface area contributed by atoms with Gasteiger partial charge in [0.25, 0.3) is 0 Å². The lowest BCUT2D eigenvalue weighted by Gasteiger charge is -2.13. The summed E-state index contributed by atoms with van der Waals surface area (Å²) >= 11 is 5.98. The molecule has 1 aromatic heterocycles. The van der Waals surface area contributed by atoms with Crippen LogP contribution >= 0.6 is 11.6 Å². The van der Waals surface area contributed by atoms with E-state index in [0.29, 0.717) is 5.02 Å². The van der Waals surface area contributed by atoms with Crippen molar-refractivity contribution in [2.24, 2.45) is 0 Å². The van der Waals surface area contributed by atoms with Gasteiger partial charge in [-0.05, 0) is 18.7 Å². The first-order valence-corrected chi connectivity index (χ1v) is 4.63. The first-order valence-electron chi connectivity index (χ1n) is 4.26. The van der Waals surface area contributed by atoms with E-state index in [2.05, 4.69) is 16.9 Å². The normalized spacial score (nSPS) is 12.5. The Morgan fingerprint density at radius 1 is 1.77 bits per heavy atom. The van der Waals surface area contributed by atoms with Gasteiger partial charge >= 0.3 is 0 Å². The maximum absolute atomic E-state index is 5.98. The van der Waals surface area contributed by atoms with Crippen LogP contribution in [0.5, 0.6) is 0 Å². The summed E-state index contributed by atoms with van der Waals surface area (Å²) in [4.78, 5) is 4.20. The van der Waals surface area contributed by atoms with Crippen LogP contribution in [-0.4, -0.2) is 11.5 Å². The van der Waals surface area contributed by atoms with E-state index in [9.17, 15) is 0 Å². The van der Waals surface area contributed by atoms with Gasteiger partial charge in [-0.25, -0.2) is 0 Å². The van der Waals surface area contributed by atoms with E-state index >= 15 is 0 Å². The van der Waals surface area contributed by atoms with Crippen molar-refractivity contribution in [2.45, 2.75) is 13.0 Å². The average Bonchev–Trinajstić information content (AvgIpc) is 2.16. The van der Waals surface area contributed by atoms with Crippen LogP contribution in [0, 0.1) is 0 Å². The minimum absolute atomic E-state index is 0.0405. The Bertz CT molecular complexity index is 286. The number of hydrogen-bond acceptors (Lipinski definition) is 2. The lowest BCUT2D eigenvalue weighted by molar-refractivity contribution is 0.634. The fourth-order valence-electron chi connectivity index (χ4n) is 1.14. The summed E-state index contributed by atoms with van der Waals surface area (Å²) in [5, 5.41) is 3.90. The molecule has 0 spiro atoms. The Kier molecular flexibility index (Phi) is 3.93. The predicted molar refractivity (Wildman–Crippen MR) is 55.9 cm³/mol. The van der Waals surface area contributed by atoms with Crippen LogP contribution in [0.2, 0.25) is 5.02 Å². The highest BCUT2D eigenvalue weighted by Gasteiger charge is 2.10. The van der Waals surface area contributed by atoms with Gasteiger partial charge in [-0.2, -0.15) is 0 Å². The summed E-state index contributed by atoms with van der Waals surface area (Å²) in [7, 11) is 0. The lowest BCUT2D eigenvalue weighted by Crippen LogP contribution is -2.19. The molecule has 0 radical (unpaired) electrons. The SMILES string of the molecule is C=CC(NCC)c1ncccc1Cl. The molecule has 13 heavy (non-hydrogen) atoms. The van der Waals surface area contributed by atoms with Crippen molar-refractivity contribution in [1.82, 2.24) is 10.3 Å². The first kappa shape index (κ1) is 10.2. The Hall–Kier alpha value is -0.860. The third-order valence-corrected chi connectivity index (χ3v) is 2.06. The van der Waals surface area contributed by atoms with Gasteiger partial charge in [-0.3, -0.25) is 4.98 Å². The lowest BCUT2D eigenvalue weighted by atomic mass is 10.2. The van der Waals surface area contributed by atoms with E-state index < -0.39 is 0 Å². The molecule has 1 N–H and O–H groups in total. The summed E-state index contributed by atoms with van der Waals surface area (Å²) in [6, 6.07) is 3.69. The van der Waals surface area contributed by atoms with Crippen LogP contribution in [-0.2, 0) is 0 Å². The minimum Gasteiger partial charge on any atom is -0.306 e. The van der Waals surface area contributed by atoms with Crippen molar-refractivity contribution in [2.75, 3.05) is 6.54 Å². The number of aromatic nitrogens is 1. The van der Waals surface area contributed by atoms with E-state index in [4.69, 9.17) is 11.6 Å². The van der Waals surface area contributed by atoms with Crippen LogP contribution in [0.1, 0.15) is 18.7 Å². The van der Waals surface area contributed by atoms with Crippen LogP contribution in [0.3, 0.4) is 0 Å². The second-order valence-electron chi connectivity index (χ2n) is 2.64. The van der Waals surface area contributed by atoms with E-state index in [1.54, 1.807) is 12.3 Å². The molecule has 2 nitrogen and oxygen atoms in total. The molecule has 70 valence electrons. The quantitative estimate of drug-likeness (QED) is 0.749. The van der Waals surface area contributed by atoms with Gasteiger partial charge < -0.3 is 5.32 Å². The number of likely N-dealkylation sites (N-methyl/N-ethyl adjacent to an activating group) is 1. The van der Waals surface area contributed by atoms with Crippen molar-refractivity contribution in [3.63, 3.8) is 0 Å². The highest BCUT2D eigenvalue weighted by atomic mass is 35.5. The molecule has 3 heteroatoms. The van der Waals surface area contributed by atoms with E-state index in [-0.39, 0.29) is 6.04 Å². The number of rotatable bonds is 4. The zero-order valence-corrected chi connectivity index (χ0v) is 8.38. The number of hydrogen-bond donors (Lipinski definition) is 1. The fraction of sp³-hybridized carbons (Fsp3) is 0.300. The molecule has 0 amide bonds. The van der Waals surface area contributed by atoms with Gasteiger partial charge in [0.1, 0.15) is 0 Å². The van der Waals surface area contributed by atoms with Crippen LogP contribution in [0.25, 0.3) is 0 Å². The van der Waals surface area contributed by atoms with E-state index in [0.717, 1.165) is 12.2 Å². The zero-order valence-electron chi connectivity index (χ0n) is 7.63. The average molecular weight is 197 g/mol. The molecule has 1 atom stereocenters. The molecule has 1 heterocycles. The Morgan fingerprint density at radius 3 is 3.08 bits per heavy atom. The molecule has 0 saturated carbocycles. The van der Waals surface area contributed by atoms with Gasteiger partial charge in [0.15, 0.2) is 0 Å². The molecule has 0 aliphatic rings. The van der Waals surface area contributed by atoms with Crippen molar-refractivity contribution in [3.8, 4) is 0 Å². The molecule has 1 unspecified atom stereocenters. The molecule has 0 aliphatic heterocycles. The molecular weight excluding hydrogens is 184 g/mol. The number of pyridine rings is 1. The van der Waals surface area contributed by atoms with Crippen molar-refractivity contribution in [3.05, 3.63) is 41.7 Å². The maximum atomic E-state index is 5.98. The number of nitrogens with zero attached hydrogens (tertiary/aromatic N) is 1. The monoisotopic (exact) mass is 196 g/mol. The number of halogens is 1. The summed E-state index contributed by atoms with van der Waals surface area (Å²) in [6.45, 7) is 6.64. The topological polar surface area (TPSA) is 24.9 Å². The third kappa shape index (κ3) is 2.54. The summed E-state index contributed by atoms with van der Waals surface area (Å²) in [5.74, 6) is 0. The predicted octanol–water partition coefficient (Wildman–Crippen LogP) is 2.57. The van der Waals surface area contributed by atoms with Crippen LogP contribution in [0.15, 0.2) is 31.0 Å². The third-order valence-electron chi connectivity index (χ3n) is 1.74. The standard InChI is InChI=1S/C10H13ClN2/c1-3-9(12-4-2)10-8(11)6-5-7-13-10/h3,5-7,9,12H,1,4H2,2H3. The van der Waals surface area contributed by atoms with Gasteiger partial charge in [0.05, 0.1) is 16.8 Å². The van der Waals surface area contributed by atoms with Crippen molar-refractivity contribution in [1.29, 1.82) is 0 Å². The molecule has 1 rings (SSSR count). The molecule has 0 saturated heterocycles. The number of nitrogens with one attached hydrogen (secondary N) is 1. The van der Waals surface area contributed by atoms with Gasteiger partial charge in [-0.1, -0.05) is 24.6 Å².